The number of nitrogens with zero attached hydrogens (tertiary/aromatic N) is 4. The SMILES string of the molecule is O=C(Nc1ccccc1C(=O)N1CCN(Cc2nc(-c3cccs3)no2)CC1)c1ccsc1. The highest BCUT2D eigenvalue weighted by molar-refractivity contribution is 7.13. The summed E-state index contributed by atoms with van der Waals surface area (Å²) in [6.07, 6.45) is 0. The van der Waals surface area contributed by atoms with Gasteiger partial charge in [-0.1, -0.05) is 23.4 Å². The van der Waals surface area contributed by atoms with E-state index >= 15 is 0 Å². The zero-order valence-corrected chi connectivity index (χ0v) is 19.3. The van der Waals surface area contributed by atoms with Crippen LogP contribution in [-0.2, 0) is 6.54 Å². The monoisotopic (exact) mass is 479 g/mol. The first-order chi connectivity index (χ1) is 16.2. The van der Waals surface area contributed by atoms with Crippen LogP contribution in [-0.4, -0.2) is 57.9 Å². The van der Waals surface area contributed by atoms with E-state index in [1.54, 1.807) is 34.9 Å². The van der Waals surface area contributed by atoms with Crippen molar-refractivity contribution < 1.29 is 14.1 Å². The van der Waals surface area contributed by atoms with E-state index in [1.165, 1.54) is 11.3 Å². The first-order valence-electron chi connectivity index (χ1n) is 10.5. The minimum atomic E-state index is -0.220. The second-order valence-corrected chi connectivity index (χ2v) is 9.30. The lowest BCUT2D eigenvalue weighted by Crippen LogP contribution is -2.48. The first kappa shape index (κ1) is 21.5. The molecular weight excluding hydrogens is 458 g/mol. The van der Waals surface area contributed by atoms with E-state index in [2.05, 4.69) is 20.4 Å². The lowest BCUT2D eigenvalue weighted by molar-refractivity contribution is 0.0616. The van der Waals surface area contributed by atoms with Crippen LogP contribution in [0.15, 0.2) is 63.1 Å². The van der Waals surface area contributed by atoms with Crippen molar-refractivity contribution in [3.05, 3.63) is 75.6 Å². The number of hydrogen-bond donors (Lipinski definition) is 1. The van der Waals surface area contributed by atoms with Gasteiger partial charge >= 0.3 is 0 Å². The molecule has 0 radical (unpaired) electrons. The van der Waals surface area contributed by atoms with E-state index in [9.17, 15) is 9.59 Å². The fourth-order valence-electron chi connectivity index (χ4n) is 3.66. The number of para-hydroxylation sites is 1. The number of carbonyl (C=O) groups is 2. The van der Waals surface area contributed by atoms with E-state index < -0.39 is 0 Å². The van der Waals surface area contributed by atoms with Crippen molar-refractivity contribution in [3.8, 4) is 10.7 Å². The largest absolute Gasteiger partial charge is 0.338 e. The molecule has 33 heavy (non-hydrogen) atoms. The molecule has 2 amide bonds. The summed E-state index contributed by atoms with van der Waals surface area (Å²) in [7, 11) is 0. The summed E-state index contributed by atoms with van der Waals surface area (Å²) >= 11 is 3.03. The highest BCUT2D eigenvalue weighted by atomic mass is 32.1. The van der Waals surface area contributed by atoms with Crippen LogP contribution >= 0.6 is 22.7 Å². The van der Waals surface area contributed by atoms with Crippen molar-refractivity contribution in [2.45, 2.75) is 6.54 Å². The molecule has 8 nitrogen and oxygen atoms in total. The Hall–Kier alpha value is -3.34. The molecule has 4 heterocycles. The Bertz CT molecular complexity index is 1230. The minimum absolute atomic E-state index is 0.0892. The van der Waals surface area contributed by atoms with Crippen LogP contribution in [0.25, 0.3) is 10.7 Å². The van der Waals surface area contributed by atoms with Crippen molar-refractivity contribution in [1.29, 1.82) is 0 Å². The fourth-order valence-corrected chi connectivity index (χ4v) is 4.95. The van der Waals surface area contributed by atoms with Gasteiger partial charge in [0, 0.05) is 31.6 Å². The second-order valence-electron chi connectivity index (χ2n) is 7.57. The summed E-state index contributed by atoms with van der Waals surface area (Å²) in [5.74, 6) is 0.867. The molecule has 1 N–H and O–H groups in total. The molecule has 4 aromatic rings. The molecule has 0 bridgehead atoms. The standard InChI is InChI=1S/C23H21N5O3S2/c29-22(16-7-13-32-15-16)24-18-5-2-1-4-17(18)23(30)28-10-8-27(9-11-28)14-20-25-21(26-31-20)19-6-3-12-33-19/h1-7,12-13,15H,8-11,14H2,(H,24,29). The maximum Gasteiger partial charge on any atom is 0.256 e. The van der Waals surface area contributed by atoms with Crippen molar-refractivity contribution >= 4 is 40.2 Å². The fraction of sp³-hybridized carbons (Fsp3) is 0.217. The number of anilines is 1. The summed E-state index contributed by atoms with van der Waals surface area (Å²) in [5, 5.41) is 12.5. The summed E-state index contributed by atoms with van der Waals surface area (Å²) in [5.41, 5.74) is 1.60. The van der Waals surface area contributed by atoms with Gasteiger partial charge in [-0.2, -0.15) is 16.3 Å². The molecule has 1 aliphatic rings. The van der Waals surface area contributed by atoms with Gasteiger partial charge in [-0.3, -0.25) is 14.5 Å². The number of aromatic nitrogens is 2. The molecule has 0 unspecified atom stereocenters. The molecule has 0 saturated carbocycles. The van der Waals surface area contributed by atoms with Crippen LogP contribution in [0, 0.1) is 0 Å². The number of nitrogens with one attached hydrogen (secondary N) is 1. The third-order valence-corrected chi connectivity index (χ3v) is 6.97. The number of amides is 2. The summed E-state index contributed by atoms with van der Waals surface area (Å²) < 4.78 is 5.40. The van der Waals surface area contributed by atoms with Gasteiger partial charge in [0.1, 0.15) is 0 Å². The van der Waals surface area contributed by atoms with E-state index in [0.29, 0.717) is 61.3 Å². The predicted molar refractivity (Wildman–Crippen MR) is 128 cm³/mol. The minimum Gasteiger partial charge on any atom is -0.338 e. The molecule has 1 fully saturated rings. The number of piperazine rings is 1. The molecule has 0 spiro atoms. The zero-order valence-electron chi connectivity index (χ0n) is 17.6. The zero-order chi connectivity index (χ0) is 22.6. The van der Waals surface area contributed by atoms with Crippen LogP contribution in [0.3, 0.4) is 0 Å². The molecule has 1 saturated heterocycles. The predicted octanol–water partition coefficient (Wildman–Crippen LogP) is 4.07. The van der Waals surface area contributed by atoms with Gasteiger partial charge in [0.15, 0.2) is 0 Å². The van der Waals surface area contributed by atoms with Crippen molar-refractivity contribution in [2.24, 2.45) is 0 Å². The van der Waals surface area contributed by atoms with E-state index in [-0.39, 0.29) is 11.8 Å². The highest BCUT2D eigenvalue weighted by Crippen LogP contribution is 2.23. The van der Waals surface area contributed by atoms with Crippen LogP contribution < -0.4 is 5.32 Å². The summed E-state index contributed by atoms with van der Waals surface area (Å²) in [4.78, 5) is 35.1. The third kappa shape index (κ3) is 4.87. The Balaban J connectivity index is 1.19. The summed E-state index contributed by atoms with van der Waals surface area (Å²) in [6.45, 7) is 3.11. The Morgan fingerprint density at radius 2 is 1.88 bits per heavy atom. The lowest BCUT2D eigenvalue weighted by atomic mass is 10.1. The maximum absolute atomic E-state index is 13.2. The number of thiophene rings is 2. The quantitative estimate of drug-likeness (QED) is 0.448. The Labute approximate surface area is 198 Å². The maximum atomic E-state index is 13.2. The average Bonchev–Trinajstić information content (AvgIpc) is 3.62. The molecular formula is C23H21N5O3S2. The molecule has 10 heteroatoms. The van der Waals surface area contributed by atoms with Crippen molar-refractivity contribution in [3.63, 3.8) is 0 Å². The normalized spacial score (nSPS) is 14.4. The molecule has 5 rings (SSSR count). The van der Waals surface area contributed by atoms with Gasteiger partial charge in [0.25, 0.3) is 11.8 Å². The van der Waals surface area contributed by atoms with Crippen molar-refractivity contribution in [1.82, 2.24) is 19.9 Å². The third-order valence-electron chi connectivity index (χ3n) is 5.42. The van der Waals surface area contributed by atoms with Gasteiger partial charge in [-0.15, -0.1) is 11.3 Å². The van der Waals surface area contributed by atoms with Crippen LogP contribution in [0.1, 0.15) is 26.6 Å². The van der Waals surface area contributed by atoms with E-state index in [0.717, 1.165) is 4.88 Å². The molecule has 0 aliphatic carbocycles. The van der Waals surface area contributed by atoms with Crippen LogP contribution in [0.4, 0.5) is 5.69 Å². The lowest BCUT2D eigenvalue weighted by Gasteiger charge is -2.34. The second kappa shape index (κ2) is 9.65. The van der Waals surface area contributed by atoms with Gasteiger partial charge in [-0.05, 0) is 35.0 Å². The average molecular weight is 480 g/mol. The summed E-state index contributed by atoms with van der Waals surface area (Å²) in [6, 6.07) is 12.8. The first-order valence-corrected chi connectivity index (χ1v) is 12.3. The Morgan fingerprint density at radius 3 is 2.64 bits per heavy atom. The number of benzene rings is 1. The van der Waals surface area contributed by atoms with Gasteiger partial charge in [0.2, 0.25) is 11.7 Å². The van der Waals surface area contributed by atoms with Gasteiger partial charge in [-0.25, -0.2) is 0 Å². The number of hydrogen-bond acceptors (Lipinski definition) is 8. The molecule has 1 aliphatic heterocycles. The van der Waals surface area contributed by atoms with Crippen LogP contribution in [0.2, 0.25) is 0 Å². The van der Waals surface area contributed by atoms with Gasteiger partial charge < -0.3 is 14.7 Å². The van der Waals surface area contributed by atoms with Crippen molar-refractivity contribution in [2.75, 3.05) is 31.5 Å². The van der Waals surface area contributed by atoms with E-state index in [4.69, 9.17) is 4.52 Å². The molecule has 168 valence electrons. The van der Waals surface area contributed by atoms with E-state index in [1.807, 2.05) is 39.9 Å². The van der Waals surface area contributed by atoms with Gasteiger partial charge in [0.05, 0.1) is 28.2 Å². The topological polar surface area (TPSA) is 91.6 Å². The number of rotatable bonds is 6. The smallest absolute Gasteiger partial charge is 0.256 e. The molecule has 1 aromatic carbocycles. The molecule has 3 aromatic heterocycles. The van der Waals surface area contributed by atoms with Crippen LogP contribution in [0.5, 0.6) is 0 Å². The Morgan fingerprint density at radius 1 is 1.03 bits per heavy atom. The molecule has 0 atom stereocenters. The Kier molecular flexibility index (Phi) is 6.29. The highest BCUT2D eigenvalue weighted by Gasteiger charge is 2.25. The number of carbonyl (C=O) groups excluding carboxylic acids is 2.